The van der Waals surface area contributed by atoms with E-state index in [1.807, 2.05) is 54.6 Å². The number of carbonyl (C=O) groups is 3. The van der Waals surface area contributed by atoms with Gasteiger partial charge in [0.05, 0.1) is 6.61 Å². The molecule has 8 heteroatoms. The fourth-order valence-corrected chi connectivity index (χ4v) is 6.48. The van der Waals surface area contributed by atoms with Crippen molar-refractivity contribution in [3.05, 3.63) is 95.6 Å². The minimum atomic E-state index is -0.948. The van der Waals surface area contributed by atoms with E-state index in [4.69, 9.17) is 15.2 Å². The molecule has 5 rings (SSSR count). The maximum atomic E-state index is 13.9. The van der Waals surface area contributed by atoms with Crippen LogP contribution in [0.5, 0.6) is 0 Å². The van der Waals surface area contributed by atoms with Gasteiger partial charge in [0.25, 0.3) is 0 Å². The van der Waals surface area contributed by atoms with Crippen LogP contribution < -0.4 is 16.4 Å². The van der Waals surface area contributed by atoms with E-state index >= 15 is 0 Å². The molecule has 42 heavy (non-hydrogen) atoms. The van der Waals surface area contributed by atoms with Gasteiger partial charge in [-0.15, -0.1) is 0 Å². The van der Waals surface area contributed by atoms with Crippen molar-refractivity contribution < 1.29 is 23.9 Å². The first kappa shape index (κ1) is 29.3. The van der Waals surface area contributed by atoms with Crippen LogP contribution in [0.2, 0.25) is 0 Å². The molecular formula is C34H39N3O5. The zero-order valence-corrected chi connectivity index (χ0v) is 24.0. The summed E-state index contributed by atoms with van der Waals surface area (Å²) in [7, 11) is 0. The number of nitrogens with two attached hydrogens (primary N) is 1. The van der Waals surface area contributed by atoms with Crippen LogP contribution >= 0.6 is 0 Å². The SMILES string of the molecule is CCOC(=O)C1NC(=O)C(NC(=O)OCC2c3ccccc3-c3ccccc32)C(c2ccccc2)CCCC1CCN. The molecule has 8 nitrogen and oxygen atoms in total. The first-order chi connectivity index (χ1) is 20.5. The summed E-state index contributed by atoms with van der Waals surface area (Å²) < 4.78 is 11.1. The van der Waals surface area contributed by atoms with Gasteiger partial charge in [-0.25, -0.2) is 9.59 Å². The summed E-state index contributed by atoms with van der Waals surface area (Å²) in [5, 5.41) is 5.79. The Morgan fingerprint density at radius 3 is 2.19 bits per heavy atom. The van der Waals surface area contributed by atoms with Gasteiger partial charge in [-0.05, 0) is 66.5 Å². The first-order valence-corrected chi connectivity index (χ1v) is 14.8. The Hall–Kier alpha value is -4.17. The van der Waals surface area contributed by atoms with E-state index < -0.39 is 30.1 Å². The molecule has 4 atom stereocenters. The van der Waals surface area contributed by atoms with Crippen LogP contribution in [0.25, 0.3) is 11.1 Å². The molecular weight excluding hydrogens is 530 g/mol. The highest BCUT2D eigenvalue weighted by molar-refractivity contribution is 5.90. The molecule has 0 bridgehead atoms. The van der Waals surface area contributed by atoms with Gasteiger partial charge >= 0.3 is 12.1 Å². The maximum absolute atomic E-state index is 13.9. The van der Waals surface area contributed by atoms with Gasteiger partial charge in [-0.3, -0.25) is 4.79 Å². The molecule has 1 saturated heterocycles. The average Bonchev–Trinajstić information content (AvgIpc) is 3.35. The van der Waals surface area contributed by atoms with Gasteiger partial charge in [-0.2, -0.15) is 0 Å². The average molecular weight is 570 g/mol. The number of ether oxygens (including phenoxy) is 2. The van der Waals surface area contributed by atoms with Crippen molar-refractivity contribution in [3.63, 3.8) is 0 Å². The van der Waals surface area contributed by atoms with Crippen molar-refractivity contribution in [1.82, 2.24) is 10.6 Å². The molecule has 2 amide bonds. The van der Waals surface area contributed by atoms with E-state index in [1.54, 1.807) is 6.92 Å². The molecule has 4 unspecified atom stereocenters. The van der Waals surface area contributed by atoms with Crippen molar-refractivity contribution in [3.8, 4) is 11.1 Å². The molecule has 4 N–H and O–H groups in total. The van der Waals surface area contributed by atoms with Gasteiger partial charge in [0.1, 0.15) is 18.7 Å². The van der Waals surface area contributed by atoms with Gasteiger partial charge < -0.3 is 25.8 Å². The molecule has 0 saturated carbocycles. The molecule has 1 heterocycles. The monoisotopic (exact) mass is 569 g/mol. The third kappa shape index (κ3) is 6.34. The normalized spacial score (nSPS) is 22.0. The molecule has 220 valence electrons. The number of fused-ring (bicyclic) bond motifs is 3. The van der Waals surface area contributed by atoms with Crippen LogP contribution in [0.4, 0.5) is 4.79 Å². The summed E-state index contributed by atoms with van der Waals surface area (Å²) in [5.41, 5.74) is 11.3. The van der Waals surface area contributed by atoms with Crippen molar-refractivity contribution in [1.29, 1.82) is 0 Å². The number of carbonyl (C=O) groups excluding carboxylic acids is 3. The predicted octanol–water partition coefficient (Wildman–Crippen LogP) is 4.87. The summed E-state index contributed by atoms with van der Waals surface area (Å²) in [6, 6.07) is 24.2. The second-order valence-electron chi connectivity index (χ2n) is 11.0. The van der Waals surface area contributed by atoms with Crippen molar-refractivity contribution >= 4 is 18.0 Å². The molecule has 1 fully saturated rings. The fraction of sp³-hybridized carbons (Fsp3) is 0.382. The Kier molecular flexibility index (Phi) is 9.54. The van der Waals surface area contributed by atoms with Crippen molar-refractivity contribution in [2.24, 2.45) is 11.7 Å². The number of rotatable bonds is 8. The number of hydrogen-bond acceptors (Lipinski definition) is 6. The third-order valence-corrected chi connectivity index (χ3v) is 8.47. The summed E-state index contributed by atoms with van der Waals surface area (Å²) >= 11 is 0. The van der Waals surface area contributed by atoms with Gasteiger partial charge in [0.15, 0.2) is 0 Å². The minimum absolute atomic E-state index is 0.104. The Bertz CT molecular complexity index is 1350. The molecule has 0 spiro atoms. The molecule has 3 aromatic rings. The Labute approximate surface area is 247 Å². The van der Waals surface area contributed by atoms with Crippen molar-refractivity contribution in [2.45, 2.75) is 56.5 Å². The van der Waals surface area contributed by atoms with E-state index in [2.05, 4.69) is 34.9 Å². The molecule has 3 aromatic carbocycles. The maximum Gasteiger partial charge on any atom is 0.407 e. The smallest absolute Gasteiger partial charge is 0.407 e. The topological polar surface area (TPSA) is 120 Å². The van der Waals surface area contributed by atoms with Gasteiger partial charge in [-0.1, -0.05) is 85.3 Å². The highest BCUT2D eigenvalue weighted by Crippen LogP contribution is 2.44. The predicted molar refractivity (Wildman–Crippen MR) is 161 cm³/mol. The van der Waals surface area contributed by atoms with E-state index in [-0.39, 0.29) is 31.0 Å². The number of amides is 2. The Morgan fingerprint density at radius 2 is 1.55 bits per heavy atom. The van der Waals surface area contributed by atoms with E-state index in [0.717, 1.165) is 34.2 Å². The lowest BCUT2D eigenvalue weighted by Gasteiger charge is -2.29. The Morgan fingerprint density at radius 1 is 0.905 bits per heavy atom. The highest BCUT2D eigenvalue weighted by atomic mass is 16.5. The lowest BCUT2D eigenvalue weighted by atomic mass is 9.85. The quantitative estimate of drug-likeness (QED) is 0.333. The lowest BCUT2D eigenvalue weighted by Crippen LogP contribution is -2.55. The molecule has 0 aromatic heterocycles. The minimum Gasteiger partial charge on any atom is -0.464 e. The van der Waals surface area contributed by atoms with Crippen LogP contribution in [0, 0.1) is 5.92 Å². The molecule has 1 aliphatic heterocycles. The van der Waals surface area contributed by atoms with Gasteiger partial charge in [0, 0.05) is 11.8 Å². The second-order valence-corrected chi connectivity index (χ2v) is 11.0. The summed E-state index contributed by atoms with van der Waals surface area (Å²) in [6.07, 6.45) is 1.98. The summed E-state index contributed by atoms with van der Waals surface area (Å²) in [6.45, 7) is 2.46. The second kappa shape index (κ2) is 13.7. The fourth-order valence-electron chi connectivity index (χ4n) is 6.48. The largest absolute Gasteiger partial charge is 0.464 e. The van der Waals surface area contributed by atoms with Crippen LogP contribution in [-0.2, 0) is 19.1 Å². The van der Waals surface area contributed by atoms with E-state index in [1.165, 1.54) is 0 Å². The number of alkyl carbamates (subject to hydrolysis) is 1. The number of benzene rings is 3. The highest BCUT2D eigenvalue weighted by Gasteiger charge is 2.39. The number of nitrogens with one attached hydrogen (secondary N) is 2. The number of hydrogen-bond donors (Lipinski definition) is 3. The van der Waals surface area contributed by atoms with Gasteiger partial charge in [0.2, 0.25) is 5.91 Å². The number of esters is 1. The van der Waals surface area contributed by atoms with Crippen LogP contribution in [0.3, 0.4) is 0 Å². The molecule has 1 aliphatic carbocycles. The molecule has 0 radical (unpaired) electrons. The zero-order chi connectivity index (χ0) is 29.5. The van der Waals surface area contributed by atoms with Crippen LogP contribution in [0.15, 0.2) is 78.9 Å². The molecule has 2 aliphatic rings. The lowest BCUT2D eigenvalue weighted by molar-refractivity contribution is -0.149. The first-order valence-electron chi connectivity index (χ1n) is 14.8. The van der Waals surface area contributed by atoms with E-state index in [0.29, 0.717) is 25.8 Å². The van der Waals surface area contributed by atoms with Crippen molar-refractivity contribution in [2.75, 3.05) is 19.8 Å². The van der Waals surface area contributed by atoms with Crippen LogP contribution in [-0.4, -0.2) is 49.8 Å². The van der Waals surface area contributed by atoms with E-state index in [9.17, 15) is 14.4 Å². The summed E-state index contributed by atoms with van der Waals surface area (Å²) in [4.78, 5) is 40.2. The zero-order valence-electron chi connectivity index (χ0n) is 24.0. The summed E-state index contributed by atoms with van der Waals surface area (Å²) in [5.74, 6) is -1.51. The third-order valence-electron chi connectivity index (χ3n) is 8.47. The Balaban J connectivity index is 1.37. The standard InChI is InChI=1S/C34H39N3O5/c1-2-41-33(39)30-23(19-20-35)13-10-18-24(22-11-4-3-5-12-22)31(32(38)36-30)37-34(40)42-21-29-27-16-8-6-14-25(27)26-15-7-9-17-28(26)29/h3-9,11-12,14-17,23-24,29-31H,2,10,13,18-21,35H2,1H3,(H,36,38)(H,37,40). The van der Waals surface area contributed by atoms with Crippen LogP contribution in [0.1, 0.15) is 61.1 Å².